The van der Waals surface area contributed by atoms with E-state index in [0.717, 1.165) is 46.8 Å². The predicted molar refractivity (Wildman–Crippen MR) is 106 cm³/mol. The van der Waals surface area contributed by atoms with E-state index in [1.54, 1.807) is 18.5 Å². The van der Waals surface area contributed by atoms with Crippen LogP contribution in [0, 0.1) is 5.92 Å². The Bertz CT molecular complexity index is 889. The molecule has 1 fully saturated rings. The van der Waals surface area contributed by atoms with E-state index in [9.17, 15) is 0 Å². The van der Waals surface area contributed by atoms with Gasteiger partial charge in [0.1, 0.15) is 16.7 Å². The third-order valence-electron chi connectivity index (χ3n) is 4.99. The third kappa shape index (κ3) is 3.91. The summed E-state index contributed by atoms with van der Waals surface area (Å²) in [5.74, 6) is 2.56. The van der Waals surface area contributed by atoms with Gasteiger partial charge in [0.2, 0.25) is 0 Å². The fraction of sp³-hybridized carbons (Fsp3) is 0.333. The Morgan fingerprint density at radius 1 is 1.04 bits per heavy atom. The SMILES string of the molecule is CC1CCC(Oc2ccc3c(Nc4ccc(Cl)nc4)nccc3c2)CC1. The topological polar surface area (TPSA) is 47.0 Å². The lowest BCUT2D eigenvalue weighted by Crippen LogP contribution is -2.22. The van der Waals surface area contributed by atoms with Crippen molar-refractivity contribution in [1.29, 1.82) is 0 Å². The van der Waals surface area contributed by atoms with Crippen LogP contribution in [0.15, 0.2) is 48.8 Å². The van der Waals surface area contributed by atoms with E-state index in [1.165, 1.54) is 12.8 Å². The molecule has 3 aromatic rings. The number of nitrogens with one attached hydrogen (secondary N) is 1. The lowest BCUT2D eigenvalue weighted by atomic mass is 9.89. The average molecular weight is 368 g/mol. The molecule has 26 heavy (non-hydrogen) atoms. The first-order valence-electron chi connectivity index (χ1n) is 9.11. The number of nitrogens with zero attached hydrogens (tertiary/aromatic N) is 2. The summed E-state index contributed by atoms with van der Waals surface area (Å²) in [6, 6.07) is 11.8. The summed E-state index contributed by atoms with van der Waals surface area (Å²) >= 11 is 5.85. The Kier molecular flexibility index (Phi) is 4.93. The van der Waals surface area contributed by atoms with Crippen LogP contribution in [0.2, 0.25) is 5.15 Å². The van der Waals surface area contributed by atoms with Gasteiger partial charge in [-0.3, -0.25) is 0 Å². The highest BCUT2D eigenvalue weighted by atomic mass is 35.5. The molecule has 2 heterocycles. The molecule has 1 aliphatic rings. The number of rotatable bonds is 4. The summed E-state index contributed by atoms with van der Waals surface area (Å²) in [4.78, 5) is 8.56. The number of anilines is 2. The van der Waals surface area contributed by atoms with Crippen LogP contribution >= 0.6 is 11.6 Å². The Hall–Kier alpha value is -2.33. The molecule has 0 radical (unpaired) electrons. The third-order valence-corrected chi connectivity index (χ3v) is 5.22. The number of ether oxygens (including phenoxy) is 1. The molecule has 0 aliphatic heterocycles. The van der Waals surface area contributed by atoms with Crippen LogP contribution < -0.4 is 10.1 Å². The largest absolute Gasteiger partial charge is 0.490 e. The van der Waals surface area contributed by atoms with Gasteiger partial charge in [0, 0.05) is 11.6 Å². The molecule has 1 N–H and O–H groups in total. The van der Waals surface area contributed by atoms with E-state index in [2.05, 4.69) is 34.3 Å². The zero-order valence-corrected chi connectivity index (χ0v) is 15.5. The molecule has 5 heteroatoms. The molecule has 0 saturated heterocycles. The normalized spacial score (nSPS) is 20.1. The summed E-state index contributed by atoms with van der Waals surface area (Å²) in [5.41, 5.74) is 0.853. The average Bonchev–Trinajstić information content (AvgIpc) is 2.65. The van der Waals surface area contributed by atoms with Crippen molar-refractivity contribution in [3.63, 3.8) is 0 Å². The van der Waals surface area contributed by atoms with E-state index in [0.29, 0.717) is 11.3 Å². The van der Waals surface area contributed by atoms with Crippen LogP contribution in [-0.4, -0.2) is 16.1 Å². The highest BCUT2D eigenvalue weighted by Gasteiger charge is 2.19. The van der Waals surface area contributed by atoms with E-state index >= 15 is 0 Å². The second kappa shape index (κ2) is 7.50. The highest BCUT2D eigenvalue weighted by Crippen LogP contribution is 2.31. The standard InChI is InChI=1S/C21H22ClN3O/c1-14-2-5-17(6-3-14)26-18-7-8-19-15(12-18)10-11-23-21(19)25-16-4-9-20(22)24-13-16/h4,7-14,17H,2-3,5-6H2,1H3,(H,23,25). The van der Waals surface area contributed by atoms with Gasteiger partial charge >= 0.3 is 0 Å². The maximum absolute atomic E-state index is 6.22. The van der Waals surface area contributed by atoms with Gasteiger partial charge in [-0.1, -0.05) is 18.5 Å². The van der Waals surface area contributed by atoms with Crippen molar-refractivity contribution >= 4 is 33.9 Å². The Morgan fingerprint density at radius 3 is 2.65 bits per heavy atom. The van der Waals surface area contributed by atoms with E-state index < -0.39 is 0 Å². The first kappa shape index (κ1) is 17.1. The molecule has 0 spiro atoms. The van der Waals surface area contributed by atoms with Gasteiger partial charge < -0.3 is 10.1 Å². The van der Waals surface area contributed by atoms with Crippen LogP contribution in [0.1, 0.15) is 32.6 Å². The van der Waals surface area contributed by atoms with Gasteiger partial charge in [-0.25, -0.2) is 9.97 Å². The second-order valence-electron chi connectivity index (χ2n) is 7.04. The van der Waals surface area contributed by atoms with Gasteiger partial charge in [0.25, 0.3) is 0 Å². The minimum atomic E-state index is 0.336. The molecule has 134 valence electrons. The number of halogens is 1. The summed E-state index contributed by atoms with van der Waals surface area (Å²) in [5, 5.41) is 5.93. The van der Waals surface area contributed by atoms with Crippen molar-refractivity contribution < 1.29 is 4.74 Å². The molecule has 4 rings (SSSR count). The molecule has 0 amide bonds. The number of benzene rings is 1. The number of aromatic nitrogens is 2. The highest BCUT2D eigenvalue weighted by molar-refractivity contribution is 6.29. The van der Waals surface area contributed by atoms with Gasteiger partial charge in [-0.15, -0.1) is 0 Å². The summed E-state index contributed by atoms with van der Waals surface area (Å²) < 4.78 is 6.22. The Balaban J connectivity index is 1.54. The van der Waals surface area contributed by atoms with E-state index in [1.807, 2.05) is 18.2 Å². The fourth-order valence-corrected chi connectivity index (χ4v) is 3.57. The zero-order valence-electron chi connectivity index (χ0n) is 14.8. The lowest BCUT2D eigenvalue weighted by Gasteiger charge is -2.27. The van der Waals surface area contributed by atoms with Gasteiger partial charge in [0.05, 0.1) is 18.0 Å². The van der Waals surface area contributed by atoms with Crippen molar-refractivity contribution in [2.45, 2.75) is 38.7 Å². The molecule has 1 aliphatic carbocycles. The number of fused-ring (bicyclic) bond motifs is 1. The summed E-state index contributed by atoms with van der Waals surface area (Å²) in [7, 11) is 0. The lowest BCUT2D eigenvalue weighted by molar-refractivity contribution is 0.136. The Morgan fingerprint density at radius 2 is 1.88 bits per heavy atom. The van der Waals surface area contributed by atoms with Crippen molar-refractivity contribution in [3.05, 3.63) is 53.9 Å². The molecule has 2 aromatic heterocycles. The molecule has 0 unspecified atom stereocenters. The smallest absolute Gasteiger partial charge is 0.138 e. The van der Waals surface area contributed by atoms with Gasteiger partial charge in [0.15, 0.2) is 0 Å². The minimum Gasteiger partial charge on any atom is -0.490 e. The fourth-order valence-electron chi connectivity index (χ4n) is 3.46. The van der Waals surface area contributed by atoms with Gasteiger partial charge in [-0.05, 0) is 73.4 Å². The second-order valence-corrected chi connectivity index (χ2v) is 7.42. The molecule has 1 saturated carbocycles. The van der Waals surface area contributed by atoms with Crippen LogP contribution in [0.4, 0.5) is 11.5 Å². The predicted octanol–water partition coefficient (Wildman–Crippen LogP) is 5.98. The molecule has 0 atom stereocenters. The van der Waals surface area contributed by atoms with Crippen LogP contribution in [0.5, 0.6) is 5.75 Å². The van der Waals surface area contributed by atoms with E-state index in [-0.39, 0.29) is 0 Å². The summed E-state index contributed by atoms with van der Waals surface area (Å²) in [6.07, 6.45) is 8.64. The van der Waals surface area contributed by atoms with Crippen LogP contribution in [-0.2, 0) is 0 Å². The van der Waals surface area contributed by atoms with Crippen molar-refractivity contribution in [2.24, 2.45) is 5.92 Å². The number of hydrogen-bond acceptors (Lipinski definition) is 4. The van der Waals surface area contributed by atoms with Crippen LogP contribution in [0.3, 0.4) is 0 Å². The van der Waals surface area contributed by atoms with Crippen molar-refractivity contribution in [2.75, 3.05) is 5.32 Å². The molecule has 0 bridgehead atoms. The first-order valence-corrected chi connectivity index (χ1v) is 9.49. The van der Waals surface area contributed by atoms with Crippen molar-refractivity contribution in [1.82, 2.24) is 9.97 Å². The zero-order chi connectivity index (χ0) is 17.9. The molecular weight excluding hydrogens is 346 g/mol. The van der Waals surface area contributed by atoms with Gasteiger partial charge in [-0.2, -0.15) is 0 Å². The van der Waals surface area contributed by atoms with Crippen LogP contribution in [0.25, 0.3) is 10.8 Å². The Labute approximate surface area is 158 Å². The van der Waals surface area contributed by atoms with Crippen molar-refractivity contribution in [3.8, 4) is 5.75 Å². The maximum Gasteiger partial charge on any atom is 0.138 e. The molecule has 4 nitrogen and oxygen atoms in total. The number of hydrogen-bond donors (Lipinski definition) is 1. The maximum atomic E-state index is 6.22. The quantitative estimate of drug-likeness (QED) is 0.576. The number of pyridine rings is 2. The first-order chi connectivity index (χ1) is 12.7. The molecule has 1 aromatic carbocycles. The minimum absolute atomic E-state index is 0.336. The van der Waals surface area contributed by atoms with E-state index in [4.69, 9.17) is 16.3 Å². The summed E-state index contributed by atoms with van der Waals surface area (Å²) in [6.45, 7) is 2.32. The monoisotopic (exact) mass is 367 g/mol. The molecular formula is C21H22ClN3O.